The molecule has 1 atom stereocenters. The summed E-state index contributed by atoms with van der Waals surface area (Å²) in [6.45, 7) is 9.45. The number of thioether (sulfide) groups is 1. The van der Waals surface area contributed by atoms with E-state index in [1.54, 1.807) is 34.6 Å². The van der Waals surface area contributed by atoms with Crippen LogP contribution in [0.1, 0.15) is 48.0 Å². The van der Waals surface area contributed by atoms with Crippen molar-refractivity contribution in [1.29, 1.82) is 0 Å². The molecule has 0 unspecified atom stereocenters. The first kappa shape index (κ1) is 34.0. The van der Waals surface area contributed by atoms with Crippen molar-refractivity contribution in [3.63, 3.8) is 0 Å². The molecule has 14 nitrogen and oxygen atoms in total. The summed E-state index contributed by atoms with van der Waals surface area (Å²) in [6, 6.07) is 0. The summed E-state index contributed by atoms with van der Waals surface area (Å²) in [5, 5.41) is 7.55. The normalized spacial score (nSPS) is 19.0. The van der Waals surface area contributed by atoms with E-state index in [2.05, 4.69) is 16.0 Å². The number of amides is 3. The average molecular weight is 586 g/mol. The van der Waals surface area contributed by atoms with E-state index in [1.165, 1.54) is 6.92 Å². The van der Waals surface area contributed by atoms with Crippen molar-refractivity contribution in [2.75, 3.05) is 45.4 Å². The van der Waals surface area contributed by atoms with Crippen LogP contribution in [0.15, 0.2) is 0 Å². The number of hydrogen-bond acceptors (Lipinski definition) is 12. The summed E-state index contributed by atoms with van der Waals surface area (Å²) in [5.41, 5.74) is -1.50. The summed E-state index contributed by atoms with van der Waals surface area (Å²) >= 11 is 1.10. The van der Waals surface area contributed by atoms with Gasteiger partial charge in [0.2, 0.25) is 0 Å². The molecule has 0 aromatic carbocycles. The monoisotopic (exact) mass is 585 g/mol. The van der Waals surface area contributed by atoms with Gasteiger partial charge < -0.3 is 0 Å². The number of rotatable bonds is 13. The van der Waals surface area contributed by atoms with E-state index in [9.17, 15) is 28.9 Å². The number of alkyl carbamates (subject to hydrolysis) is 1. The van der Waals surface area contributed by atoms with Crippen LogP contribution in [0, 0.1) is 10.8 Å². The Bertz CT molecular complexity index is 853. The van der Waals surface area contributed by atoms with Gasteiger partial charge in [0.1, 0.15) is 0 Å². The van der Waals surface area contributed by atoms with Gasteiger partial charge in [-0.2, -0.15) is 0 Å². The number of esters is 1. The fourth-order valence-corrected chi connectivity index (χ4v) is 4.96. The quantitative estimate of drug-likeness (QED) is 0.104. The van der Waals surface area contributed by atoms with Crippen LogP contribution < -0.4 is 16.0 Å². The first-order valence-electron chi connectivity index (χ1n) is 12.0. The van der Waals surface area contributed by atoms with E-state index >= 15 is 0 Å². The van der Waals surface area contributed by atoms with Gasteiger partial charge >= 0.3 is 215 Å². The third-order valence-corrected chi connectivity index (χ3v) is 7.21. The molecule has 0 spiro atoms. The molecular formula is C22H40N3O11PS. The molecular weight excluding hydrogens is 545 g/mol. The van der Waals surface area contributed by atoms with Gasteiger partial charge in [0, 0.05) is 6.92 Å². The minimum atomic E-state index is -4.33. The predicted octanol–water partition coefficient (Wildman–Crippen LogP) is 1.02. The summed E-state index contributed by atoms with van der Waals surface area (Å²) in [4.78, 5) is 69.5. The van der Waals surface area contributed by atoms with Gasteiger partial charge in [-0.1, -0.05) is 0 Å². The zero-order chi connectivity index (χ0) is 29.0. The molecule has 1 aliphatic heterocycles. The van der Waals surface area contributed by atoms with Crippen LogP contribution in [0.3, 0.4) is 0 Å². The molecule has 1 aliphatic rings. The molecule has 4 N–H and O–H groups in total. The molecule has 38 heavy (non-hydrogen) atoms. The molecule has 0 bridgehead atoms. The van der Waals surface area contributed by atoms with E-state index in [0.717, 1.165) is 11.8 Å². The van der Waals surface area contributed by atoms with Gasteiger partial charge in [0.05, 0.1) is 0 Å². The Kier molecular flexibility index (Phi) is 13.9. The van der Waals surface area contributed by atoms with Gasteiger partial charge in [0.15, 0.2) is 0 Å². The first-order valence-corrected chi connectivity index (χ1v) is 14.7. The second-order valence-corrected chi connectivity index (χ2v) is 13.2. The average Bonchev–Trinajstić information content (AvgIpc) is 2.80. The van der Waals surface area contributed by atoms with Gasteiger partial charge in [-0.3, -0.25) is 4.79 Å². The zero-order valence-electron chi connectivity index (χ0n) is 22.7. The number of hydrogen-bond donors (Lipinski definition) is 4. The number of carbonyl (C=O) groups is 5. The van der Waals surface area contributed by atoms with Crippen LogP contribution in [-0.2, 0) is 42.2 Å². The predicted molar refractivity (Wildman–Crippen MR) is 140 cm³/mol. The Morgan fingerprint density at radius 2 is 1.74 bits per heavy atom. The van der Waals surface area contributed by atoms with Crippen molar-refractivity contribution in [2.45, 2.75) is 54.1 Å². The topological polar surface area (TPSA) is 188 Å². The molecule has 0 aliphatic carbocycles. The zero-order valence-corrected chi connectivity index (χ0v) is 24.5. The molecule has 220 valence electrons. The molecule has 1 saturated heterocycles. The van der Waals surface area contributed by atoms with Crippen molar-refractivity contribution < 1.29 is 51.9 Å². The summed E-state index contributed by atoms with van der Waals surface area (Å²) in [7, 11) is -4.33. The molecule has 16 heteroatoms. The van der Waals surface area contributed by atoms with Gasteiger partial charge in [0.25, 0.3) is 0 Å². The van der Waals surface area contributed by atoms with Crippen LogP contribution in [0.2, 0.25) is 0 Å². The van der Waals surface area contributed by atoms with Crippen LogP contribution >= 0.6 is 19.9 Å². The number of carbonyl (C=O) groups excluding carboxylic acids is 5. The SMILES string of the molecule is CC(=O)SCCNC(=O)CCNC(=O)[C@@H]1O[PH](O)(OCOC(=O)NCCOC(=O)C(C)(C)C)OCC1(C)C. The Morgan fingerprint density at radius 1 is 1.05 bits per heavy atom. The number of nitrogens with one attached hydrogen (secondary N) is 3. The van der Waals surface area contributed by atoms with Crippen LogP contribution in [0.5, 0.6) is 0 Å². The van der Waals surface area contributed by atoms with Crippen molar-refractivity contribution in [2.24, 2.45) is 10.8 Å². The van der Waals surface area contributed by atoms with Crippen LogP contribution in [0.4, 0.5) is 4.79 Å². The fraction of sp³-hybridized carbons (Fsp3) is 0.773. The second-order valence-electron chi connectivity index (χ2n) is 10.0. The summed E-state index contributed by atoms with van der Waals surface area (Å²) < 4.78 is 25.8. The molecule has 0 saturated carbocycles. The summed E-state index contributed by atoms with van der Waals surface area (Å²) in [6.07, 6.45) is -2.04. The minimum absolute atomic E-state index is 0.00118. The Hall–Kier alpha value is -2.03. The van der Waals surface area contributed by atoms with E-state index in [-0.39, 0.29) is 43.7 Å². The molecule has 3 amide bonds. The van der Waals surface area contributed by atoms with Gasteiger partial charge in [-0.25, -0.2) is 0 Å². The van der Waals surface area contributed by atoms with Crippen molar-refractivity contribution >= 4 is 48.9 Å². The molecule has 0 aromatic heterocycles. The van der Waals surface area contributed by atoms with Crippen molar-refractivity contribution in [3.05, 3.63) is 0 Å². The van der Waals surface area contributed by atoms with Crippen LogP contribution in [-0.4, -0.2) is 85.4 Å². The van der Waals surface area contributed by atoms with Crippen molar-refractivity contribution in [3.8, 4) is 0 Å². The van der Waals surface area contributed by atoms with E-state index in [1.807, 2.05) is 0 Å². The maximum atomic E-state index is 12.7. The molecule has 0 radical (unpaired) electrons. The molecule has 1 rings (SSSR count). The first-order chi connectivity index (χ1) is 17.6. The Labute approximate surface area is 227 Å². The van der Waals surface area contributed by atoms with E-state index in [4.69, 9.17) is 23.0 Å². The third-order valence-electron chi connectivity index (χ3n) is 4.87. The Balaban J connectivity index is 2.40. The molecule has 1 heterocycles. The van der Waals surface area contributed by atoms with Crippen molar-refractivity contribution in [1.82, 2.24) is 16.0 Å². The summed E-state index contributed by atoms with van der Waals surface area (Å²) in [5.74, 6) is -0.824. The van der Waals surface area contributed by atoms with Crippen LogP contribution in [0.25, 0.3) is 0 Å². The fourth-order valence-electron chi connectivity index (χ4n) is 2.77. The standard InChI is InChI=1S/C22H40N3O11PS/c1-15(26)38-12-10-23-16(27)7-8-24-18(28)17-22(5,6)13-34-37(31,36-17)35-14-33-20(30)25-9-11-32-19(29)21(2,3)4/h17,31,37H,7-14H2,1-6H3,(H,23,27)(H,24,28)(H,25,30)/t17-/m0/s1. The van der Waals surface area contributed by atoms with E-state index < -0.39 is 49.9 Å². The third kappa shape index (κ3) is 13.2. The maximum absolute atomic E-state index is 12.7. The molecule has 0 aromatic rings. The van der Waals surface area contributed by atoms with Gasteiger partial charge in [-0.15, -0.1) is 0 Å². The van der Waals surface area contributed by atoms with E-state index in [0.29, 0.717) is 12.3 Å². The second kappa shape index (κ2) is 15.5. The van der Waals surface area contributed by atoms with Gasteiger partial charge in [-0.05, 0) is 0 Å². The number of ether oxygens (including phenoxy) is 2. The Morgan fingerprint density at radius 3 is 2.37 bits per heavy atom. The molecule has 1 fully saturated rings.